The smallest absolute Gasteiger partial charge is 0.233 e. The predicted octanol–water partition coefficient (Wildman–Crippen LogP) is 3.14. The van der Waals surface area contributed by atoms with Crippen LogP contribution in [0.5, 0.6) is 0 Å². The van der Waals surface area contributed by atoms with Crippen molar-refractivity contribution in [3.8, 4) is 0 Å². The third kappa shape index (κ3) is 5.50. The molecule has 1 heterocycles. The van der Waals surface area contributed by atoms with Gasteiger partial charge in [-0.3, -0.25) is 4.79 Å². The van der Waals surface area contributed by atoms with Crippen molar-refractivity contribution in [3.63, 3.8) is 0 Å². The van der Waals surface area contributed by atoms with Gasteiger partial charge in [0.25, 0.3) is 0 Å². The van der Waals surface area contributed by atoms with Gasteiger partial charge in [0, 0.05) is 17.9 Å². The number of Topliss-reactive ketones (excluding diaryl/α,β-unsaturated/α-hetero) is 1. The SMILES string of the molecule is Cc1ccc(/C=C/S(=O)(=O)NC(C)CC(=O)c2ccco2)cc1. The van der Waals surface area contributed by atoms with Gasteiger partial charge in [-0.15, -0.1) is 0 Å². The molecule has 23 heavy (non-hydrogen) atoms. The molecule has 6 heteroatoms. The zero-order chi connectivity index (χ0) is 16.9. The van der Waals surface area contributed by atoms with Gasteiger partial charge in [-0.25, -0.2) is 13.1 Å². The maximum Gasteiger partial charge on any atom is 0.233 e. The Labute approximate surface area is 136 Å². The normalized spacial score (nSPS) is 13.3. The minimum absolute atomic E-state index is 0.0329. The average molecular weight is 333 g/mol. The Morgan fingerprint density at radius 3 is 2.57 bits per heavy atom. The first kappa shape index (κ1) is 17.2. The second kappa shape index (κ2) is 7.39. The maximum absolute atomic E-state index is 12.0. The second-order valence-electron chi connectivity index (χ2n) is 5.38. The number of aryl methyl sites for hydroxylation is 1. The van der Waals surface area contributed by atoms with Crippen molar-refractivity contribution in [1.82, 2.24) is 4.72 Å². The fourth-order valence-electron chi connectivity index (χ4n) is 2.02. The number of nitrogens with one attached hydrogen (secondary N) is 1. The van der Waals surface area contributed by atoms with Crippen molar-refractivity contribution in [2.24, 2.45) is 0 Å². The molecule has 0 aliphatic rings. The summed E-state index contributed by atoms with van der Waals surface area (Å²) in [4.78, 5) is 11.9. The van der Waals surface area contributed by atoms with Crippen LogP contribution in [0.2, 0.25) is 0 Å². The Morgan fingerprint density at radius 1 is 1.26 bits per heavy atom. The van der Waals surface area contributed by atoms with Crippen LogP contribution in [0, 0.1) is 6.92 Å². The quantitative estimate of drug-likeness (QED) is 0.790. The van der Waals surface area contributed by atoms with E-state index in [0.29, 0.717) is 0 Å². The van der Waals surface area contributed by atoms with Crippen molar-refractivity contribution < 1.29 is 17.6 Å². The third-order valence-corrected chi connectivity index (χ3v) is 4.40. The molecule has 0 saturated heterocycles. The molecule has 0 spiro atoms. The number of benzene rings is 1. The van der Waals surface area contributed by atoms with E-state index < -0.39 is 16.1 Å². The Bertz CT molecular complexity index is 775. The summed E-state index contributed by atoms with van der Waals surface area (Å²) in [5, 5.41) is 1.10. The van der Waals surface area contributed by atoms with Crippen molar-refractivity contribution in [2.45, 2.75) is 26.3 Å². The lowest BCUT2D eigenvalue weighted by atomic mass is 10.1. The summed E-state index contributed by atoms with van der Waals surface area (Å²) in [5.74, 6) is -0.0149. The molecular weight excluding hydrogens is 314 g/mol. The first-order valence-electron chi connectivity index (χ1n) is 7.19. The van der Waals surface area contributed by atoms with Crippen LogP contribution in [0.4, 0.5) is 0 Å². The number of hydrogen-bond donors (Lipinski definition) is 1. The minimum atomic E-state index is -3.62. The van der Waals surface area contributed by atoms with Gasteiger partial charge < -0.3 is 4.42 Å². The molecule has 0 fully saturated rings. The van der Waals surface area contributed by atoms with E-state index in [1.807, 2.05) is 31.2 Å². The van der Waals surface area contributed by atoms with E-state index in [0.717, 1.165) is 16.5 Å². The summed E-state index contributed by atoms with van der Waals surface area (Å²) in [5.41, 5.74) is 1.90. The molecule has 2 rings (SSSR count). The van der Waals surface area contributed by atoms with Crippen molar-refractivity contribution in [2.75, 3.05) is 0 Å². The summed E-state index contributed by atoms with van der Waals surface area (Å²) in [6.45, 7) is 3.60. The van der Waals surface area contributed by atoms with Crippen LogP contribution in [-0.4, -0.2) is 20.2 Å². The van der Waals surface area contributed by atoms with Gasteiger partial charge in [-0.05, 0) is 37.6 Å². The maximum atomic E-state index is 12.0. The summed E-state index contributed by atoms with van der Waals surface area (Å²) in [7, 11) is -3.62. The molecule has 0 amide bonds. The first-order valence-corrected chi connectivity index (χ1v) is 8.74. The molecule has 0 aliphatic carbocycles. The number of ketones is 1. The Hall–Kier alpha value is -2.18. The summed E-state index contributed by atoms with van der Waals surface area (Å²) >= 11 is 0. The van der Waals surface area contributed by atoms with Gasteiger partial charge in [0.05, 0.1) is 6.26 Å². The molecular formula is C17H19NO4S. The second-order valence-corrected chi connectivity index (χ2v) is 6.98. The van der Waals surface area contributed by atoms with Crippen LogP contribution in [0.3, 0.4) is 0 Å². The average Bonchev–Trinajstić information content (AvgIpc) is 3.00. The minimum Gasteiger partial charge on any atom is -0.461 e. The molecule has 1 unspecified atom stereocenters. The molecule has 1 aromatic carbocycles. The Morgan fingerprint density at radius 2 is 1.96 bits per heavy atom. The fraction of sp³-hybridized carbons (Fsp3) is 0.235. The number of rotatable bonds is 7. The molecule has 2 aromatic rings. The van der Waals surface area contributed by atoms with E-state index in [1.165, 1.54) is 12.3 Å². The van der Waals surface area contributed by atoms with Crippen LogP contribution in [-0.2, 0) is 10.0 Å². The standard InChI is InChI=1S/C17H19NO4S/c1-13-5-7-15(8-6-13)9-11-23(20,21)18-14(2)12-16(19)17-4-3-10-22-17/h3-11,14,18H,12H2,1-2H3/b11-9+. The van der Waals surface area contributed by atoms with Crippen molar-refractivity contribution in [3.05, 3.63) is 65.0 Å². The molecule has 0 saturated carbocycles. The van der Waals surface area contributed by atoms with E-state index >= 15 is 0 Å². The predicted molar refractivity (Wildman–Crippen MR) is 89.4 cm³/mol. The van der Waals surface area contributed by atoms with Gasteiger partial charge in [-0.2, -0.15) is 0 Å². The van der Waals surface area contributed by atoms with Crippen molar-refractivity contribution >= 4 is 21.9 Å². The summed E-state index contributed by atoms with van der Waals surface area (Å²) < 4.78 is 31.5. The highest BCUT2D eigenvalue weighted by Crippen LogP contribution is 2.09. The first-order chi connectivity index (χ1) is 10.9. The summed E-state index contributed by atoms with van der Waals surface area (Å²) in [6, 6.07) is 10.1. The van der Waals surface area contributed by atoms with Gasteiger partial charge in [-0.1, -0.05) is 29.8 Å². The topological polar surface area (TPSA) is 76.4 Å². The van der Waals surface area contributed by atoms with Crippen LogP contribution in [0.25, 0.3) is 6.08 Å². The number of furan rings is 1. The highest BCUT2D eigenvalue weighted by atomic mass is 32.2. The molecule has 0 radical (unpaired) electrons. The summed E-state index contributed by atoms with van der Waals surface area (Å²) in [6.07, 6.45) is 2.96. The molecule has 5 nitrogen and oxygen atoms in total. The van der Waals surface area contributed by atoms with E-state index in [1.54, 1.807) is 19.1 Å². The number of hydrogen-bond acceptors (Lipinski definition) is 4. The van der Waals surface area contributed by atoms with Gasteiger partial charge in [0.15, 0.2) is 11.5 Å². The number of sulfonamides is 1. The highest BCUT2D eigenvalue weighted by Gasteiger charge is 2.17. The van der Waals surface area contributed by atoms with E-state index in [2.05, 4.69) is 4.72 Å². The lowest BCUT2D eigenvalue weighted by molar-refractivity contribution is 0.0948. The van der Waals surface area contributed by atoms with Crippen LogP contribution < -0.4 is 4.72 Å². The number of carbonyl (C=O) groups excluding carboxylic acids is 1. The zero-order valence-corrected chi connectivity index (χ0v) is 13.8. The third-order valence-electron chi connectivity index (χ3n) is 3.17. The molecule has 1 atom stereocenters. The van der Waals surface area contributed by atoms with Gasteiger partial charge >= 0.3 is 0 Å². The molecule has 1 aromatic heterocycles. The monoisotopic (exact) mass is 333 g/mol. The van der Waals surface area contributed by atoms with Crippen LogP contribution in [0.15, 0.2) is 52.5 Å². The Balaban J connectivity index is 1.94. The zero-order valence-electron chi connectivity index (χ0n) is 13.0. The molecule has 1 N–H and O–H groups in total. The fourth-order valence-corrected chi connectivity index (χ4v) is 3.08. The molecule has 0 aliphatic heterocycles. The Kier molecular flexibility index (Phi) is 5.52. The van der Waals surface area contributed by atoms with E-state index in [4.69, 9.17) is 4.42 Å². The van der Waals surface area contributed by atoms with Crippen molar-refractivity contribution in [1.29, 1.82) is 0 Å². The molecule has 0 bridgehead atoms. The number of carbonyl (C=O) groups is 1. The van der Waals surface area contributed by atoms with Crippen LogP contribution >= 0.6 is 0 Å². The van der Waals surface area contributed by atoms with Gasteiger partial charge in [0.1, 0.15) is 0 Å². The van der Waals surface area contributed by atoms with Crippen LogP contribution in [0.1, 0.15) is 35.0 Å². The van der Waals surface area contributed by atoms with E-state index in [9.17, 15) is 13.2 Å². The van der Waals surface area contributed by atoms with E-state index in [-0.39, 0.29) is 18.0 Å². The highest BCUT2D eigenvalue weighted by molar-refractivity contribution is 7.92. The van der Waals surface area contributed by atoms with Gasteiger partial charge in [0.2, 0.25) is 10.0 Å². The lowest BCUT2D eigenvalue weighted by Crippen LogP contribution is -2.32. The largest absolute Gasteiger partial charge is 0.461 e. The molecule has 122 valence electrons. The lowest BCUT2D eigenvalue weighted by Gasteiger charge is -2.10.